The molecule has 0 spiro atoms. The highest BCUT2D eigenvalue weighted by Crippen LogP contribution is 2.20. The van der Waals surface area contributed by atoms with E-state index in [0.29, 0.717) is 24.9 Å². The molecular weight excluding hydrogens is 257 g/mol. The number of benzene rings is 1. The van der Waals surface area contributed by atoms with Crippen LogP contribution >= 0.6 is 0 Å². The molecule has 0 amide bonds. The maximum atomic E-state index is 13.1. The minimum Gasteiger partial charge on any atom is -0.423 e. The summed E-state index contributed by atoms with van der Waals surface area (Å²) in [5, 5.41) is 8.11. The first-order valence-corrected chi connectivity index (χ1v) is 6.60. The zero-order valence-electron chi connectivity index (χ0n) is 12.4. The molecule has 0 atom stereocenters. The van der Waals surface area contributed by atoms with Crippen molar-refractivity contribution >= 4 is 0 Å². The van der Waals surface area contributed by atoms with Crippen LogP contribution in [0.3, 0.4) is 0 Å². The zero-order valence-corrected chi connectivity index (χ0v) is 12.4. The third-order valence-electron chi connectivity index (χ3n) is 2.86. The van der Waals surface area contributed by atoms with E-state index in [-0.39, 0.29) is 11.2 Å². The van der Waals surface area contributed by atoms with Gasteiger partial charge in [-0.15, -0.1) is 10.2 Å². The fourth-order valence-electron chi connectivity index (χ4n) is 1.85. The second kappa shape index (κ2) is 5.71. The fourth-order valence-corrected chi connectivity index (χ4v) is 1.85. The molecule has 108 valence electrons. The lowest BCUT2D eigenvalue weighted by Crippen LogP contribution is -2.17. The van der Waals surface area contributed by atoms with E-state index < -0.39 is 0 Å². The predicted molar refractivity (Wildman–Crippen MR) is 74.6 cm³/mol. The van der Waals surface area contributed by atoms with Crippen LogP contribution in [0, 0.1) is 5.82 Å². The molecule has 0 aliphatic rings. The normalized spacial score (nSPS) is 12.1. The highest BCUT2D eigenvalue weighted by atomic mass is 19.1. The monoisotopic (exact) mass is 277 g/mol. The van der Waals surface area contributed by atoms with Gasteiger partial charge in [-0.1, -0.05) is 32.9 Å². The lowest BCUT2D eigenvalue weighted by atomic mass is 9.97. The van der Waals surface area contributed by atoms with Crippen molar-refractivity contribution in [3.05, 3.63) is 47.4 Å². The number of hydrogen-bond donors (Lipinski definition) is 0. The van der Waals surface area contributed by atoms with E-state index in [1.165, 1.54) is 12.1 Å². The van der Waals surface area contributed by atoms with E-state index in [0.717, 1.165) is 5.56 Å². The van der Waals surface area contributed by atoms with Gasteiger partial charge in [0.15, 0.2) is 0 Å². The molecule has 0 bridgehead atoms. The summed E-state index contributed by atoms with van der Waals surface area (Å²) in [6.45, 7) is 7.26. The molecule has 20 heavy (non-hydrogen) atoms. The second-order valence-corrected chi connectivity index (χ2v) is 6.05. The summed E-state index contributed by atoms with van der Waals surface area (Å²) in [5.41, 5.74) is 0.773. The molecule has 1 aromatic carbocycles. The Morgan fingerprint density at radius 2 is 1.95 bits per heavy atom. The van der Waals surface area contributed by atoms with Gasteiger partial charge in [-0.3, -0.25) is 4.90 Å². The zero-order chi connectivity index (χ0) is 14.8. The summed E-state index contributed by atoms with van der Waals surface area (Å²) in [5.74, 6) is 0.990. The molecule has 2 rings (SSSR count). The highest BCUT2D eigenvalue weighted by Gasteiger charge is 2.21. The summed E-state index contributed by atoms with van der Waals surface area (Å²) in [6.07, 6.45) is 0. The van der Waals surface area contributed by atoms with Crippen LogP contribution in [-0.4, -0.2) is 22.1 Å². The lowest BCUT2D eigenvalue weighted by Gasteiger charge is -2.15. The van der Waals surface area contributed by atoms with E-state index in [4.69, 9.17) is 4.42 Å². The van der Waals surface area contributed by atoms with Crippen molar-refractivity contribution in [3.8, 4) is 0 Å². The van der Waals surface area contributed by atoms with Gasteiger partial charge in [0.2, 0.25) is 11.8 Å². The molecule has 0 fully saturated rings. The molecule has 0 saturated heterocycles. The van der Waals surface area contributed by atoms with Gasteiger partial charge in [0.05, 0.1) is 6.54 Å². The van der Waals surface area contributed by atoms with E-state index in [9.17, 15) is 4.39 Å². The predicted octanol–water partition coefficient (Wildman–Crippen LogP) is 3.14. The molecule has 1 heterocycles. The Morgan fingerprint density at radius 1 is 1.20 bits per heavy atom. The van der Waals surface area contributed by atoms with Gasteiger partial charge < -0.3 is 4.42 Å². The SMILES string of the molecule is CN(Cc1cccc(F)c1)Cc1nnc(C(C)(C)C)o1. The Bertz CT molecular complexity index is 574. The Hall–Kier alpha value is -1.75. The third-order valence-corrected chi connectivity index (χ3v) is 2.86. The Balaban J connectivity index is 1.98. The first kappa shape index (κ1) is 14.7. The molecule has 0 N–H and O–H groups in total. The highest BCUT2D eigenvalue weighted by molar-refractivity contribution is 5.16. The molecule has 0 aliphatic heterocycles. The molecule has 0 aliphatic carbocycles. The minimum absolute atomic E-state index is 0.146. The standard InChI is InChI=1S/C15H20FN3O/c1-15(2,3)14-18-17-13(20-14)10-19(4)9-11-6-5-7-12(16)8-11/h5-8H,9-10H2,1-4H3. The van der Waals surface area contributed by atoms with Gasteiger partial charge >= 0.3 is 0 Å². The average Bonchev–Trinajstić information content (AvgIpc) is 2.76. The van der Waals surface area contributed by atoms with Crippen LogP contribution in [0.15, 0.2) is 28.7 Å². The Kier molecular flexibility index (Phi) is 4.18. The summed E-state index contributed by atoms with van der Waals surface area (Å²) < 4.78 is 18.8. The first-order chi connectivity index (χ1) is 9.34. The molecule has 0 radical (unpaired) electrons. The average molecular weight is 277 g/mol. The van der Waals surface area contributed by atoms with Crippen molar-refractivity contribution in [1.29, 1.82) is 0 Å². The van der Waals surface area contributed by atoms with E-state index in [2.05, 4.69) is 10.2 Å². The van der Waals surface area contributed by atoms with Crippen LogP contribution in [0.4, 0.5) is 4.39 Å². The van der Waals surface area contributed by atoms with Crippen LogP contribution in [0.1, 0.15) is 38.1 Å². The van der Waals surface area contributed by atoms with Crippen molar-refractivity contribution in [2.75, 3.05) is 7.05 Å². The van der Waals surface area contributed by atoms with Crippen LogP contribution < -0.4 is 0 Å². The van der Waals surface area contributed by atoms with Crippen molar-refractivity contribution in [2.24, 2.45) is 0 Å². The molecule has 5 heteroatoms. The van der Waals surface area contributed by atoms with E-state index >= 15 is 0 Å². The van der Waals surface area contributed by atoms with Gasteiger partial charge in [0, 0.05) is 12.0 Å². The lowest BCUT2D eigenvalue weighted by molar-refractivity contribution is 0.268. The molecular formula is C15H20FN3O. The maximum absolute atomic E-state index is 13.1. The molecule has 2 aromatic rings. The molecule has 4 nitrogen and oxygen atoms in total. The minimum atomic E-state index is -0.219. The van der Waals surface area contributed by atoms with E-state index in [1.54, 1.807) is 6.07 Å². The number of aromatic nitrogens is 2. The summed E-state index contributed by atoms with van der Waals surface area (Å²) in [4.78, 5) is 2.01. The Labute approximate surface area is 118 Å². The van der Waals surface area contributed by atoms with Crippen molar-refractivity contribution < 1.29 is 8.81 Å². The molecule has 0 unspecified atom stereocenters. The molecule has 0 saturated carbocycles. The summed E-state index contributed by atoms with van der Waals surface area (Å²) in [7, 11) is 1.94. The van der Waals surface area contributed by atoms with Gasteiger partial charge in [0.1, 0.15) is 5.82 Å². The van der Waals surface area contributed by atoms with Crippen molar-refractivity contribution in [3.63, 3.8) is 0 Å². The number of nitrogens with zero attached hydrogens (tertiary/aromatic N) is 3. The largest absolute Gasteiger partial charge is 0.423 e. The van der Waals surface area contributed by atoms with Crippen LogP contribution in [-0.2, 0) is 18.5 Å². The maximum Gasteiger partial charge on any atom is 0.230 e. The van der Waals surface area contributed by atoms with Crippen LogP contribution in [0.5, 0.6) is 0 Å². The number of rotatable bonds is 4. The first-order valence-electron chi connectivity index (χ1n) is 6.60. The summed E-state index contributed by atoms with van der Waals surface area (Å²) in [6, 6.07) is 6.58. The van der Waals surface area contributed by atoms with Crippen molar-refractivity contribution in [1.82, 2.24) is 15.1 Å². The van der Waals surface area contributed by atoms with Crippen LogP contribution in [0.25, 0.3) is 0 Å². The van der Waals surface area contributed by atoms with Crippen molar-refractivity contribution in [2.45, 2.75) is 39.3 Å². The second-order valence-electron chi connectivity index (χ2n) is 6.05. The quantitative estimate of drug-likeness (QED) is 0.861. The fraction of sp³-hybridized carbons (Fsp3) is 0.467. The van der Waals surface area contributed by atoms with Crippen LogP contribution in [0.2, 0.25) is 0 Å². The molecule has 1 aromatic heterocycles. The van der Waals surface area contributed by atoms with Gasteiger partial charge in [0.25, 0.3) is 0 Å². The topological polar surface area (TPSA) is 42.2 Å². The van der Waals surface area contributed by atoms with E-state index in [1.807, 2.05) is 38.8 Å². The summed E-state index contributed by atoms with van der Waals surface area (Å²) >= 11 is 0. The number of halogens is 1. The van der Waals surface area contributed by atoms with Gasteiger partial charge in [-0.05, 0) is 24.7 Å². The third kappa shape index (κ3) is 3.87. The Morgan fingerprint density at radius 3 is 2.55 bits per heavy atom. The smallest absolute Gasteiger partial charge is 0.230 e. The number of hydrogen-bond acceptors (Lipinski definition) is 4. The van der Waals surface area contributed by atoms with Gasteiger partial charge in [-0.25, -0.2) is 4.39 Å². The van der Waals surface area contributed by atoms with Gasteiger partial charge in [-0.2, -0.15) is 0 Å².